The number of piperazine rings is 2. The number of aromatic nitrogens is 1. The zero-order chi connectivity index (χ0) is 40.5. The van der Waals surface area contributed by atoms with Gasteiger partial charge >= 0.3 is 6.03 Å². The van der Waals surface area contributed by atoms with Gasteiger partial charge in [0.25, 0.3) is 5.91 Å². The zero-order valence-corrected chi connectivity index (χ0v) is 32.8. The molecule has 5 amide bonds. The fourth-order valence-electron chi connectivity index (χ4n) is 8.40. The SMILES string of the molecule is C=CCN1CC(=O)N2[C@@H](Cc3ccc(O)cc3)C(=O)N(Cc3cccc4c(-c5ccc(C(=O)N6CCN(C)CC6)o5)cn(C)c34)C[C@@H]2N1C(=O)NCc1ccccc1. The lowest BCUT2D eigenvalue weighted by atomic mass is 9.98. The van der Waals surface area contributed by atoms with Gasteiger partial charge in [0.1, 0.15) is 23.7 Å². The van der Waals surface area contributed by atoms with Gasteiger partial charge in [0.05, 0.1) is 18.6 Å². The highest BCUT2D eigenvalue weighted by Gasteiger charge is 2.51. The van der Waals surface area contributed by atoms with Gasteiger partial charge in [-0.3, -0.25) is 14.4 Å². The summed E-state index contributed by atoms with van der Waals surface area (Å²) in [5, 5.41) is 17.2. The Balaban J connectivity index is 1.12. The third-order valence-corrected chi connectivity index (χ3v) is 11.3. The number of likely N-dealkylation sites (N-methyl/N-ethyl adjacent to an activating group) is 1. The molecule has 0 saturated carbocycles. The molecule has 0 radical (unpaired) electrons. The number of aromatic hydroxyl groups is 1. The van der Waals surface area contributed by atoms with E-state index in [4.69, 9.17) is 4.42 Å². The summed E-state index contributed by atoms with van der Waals surface area (Å²) in [4.78, 5) is 63.6. The molecule has 8 rings (SSSR count). The number of aryl methyl sites for hydroxylation is 1. The van der Waals surface area contributed by atoms with Crippen molar-refractivity contribution in [3.05, 3.63) is 126 Å². The molecule has 2 atom stereocenters. The molecular weight excluding hydrogens is 737 g/mol. The molecule has 58 heavy (non-hydrogen) atoms. The van der Waals surface area contributed by atoms with Crippen molar-refractivity contribution in [3.63, 3.8) is 0 Å². The minimum absolute atomic E-state index is 0.0622. The minimum Gasteiger partial charge on any atom is -0.508 e. The van der Waals surface area contributed by atoms with Crippen LogP contribution in [0.3, 0.4) is 0 Å². The number of nitrogens with one attached hydrogen (secondary N) is 1. The normalized spacial score (nSPS) is 19.1. The molecule has 2 N–H and O–H groups in total. The number of hydrogen-bond acceptors (Lipinski definition) is 8. The molecule has 300 valence electrons. The first kappa shape index (κ1) is 38.5. The van der Waals surface area contributed by atoms with Crippen LogP contribution in [0, 0.1) is 0 Å². The molecule has 0 unspecified atom stereocenters. The van der Waals surface area contributed by atoms with E-state index in [1.165, 1.54) is 0 Å². The number of phenols is 1. The Hall–Kier alpha value is -6.38. The number of fused-ring (bicyclic) bond motifs is 2. The third-order valence-electron chi connectivity index (χ3n) is 11.3. The number of carbonyl (C=O) groups excluding carboxylic acids is 4. The van der Waals surface area contributed by atoms with Crippen LogP contribution in [0.4, 0.5) is 4.79 Å². The number of urea groups is 1. The maximum absolute atomic E-state index is 14.7. The first-order chi connectivity index (χ1) is 28.1. The summed E-state index contributed by atoms with van der Waals surface area (Å²) in [5.41, 5.74) is 4.25. The van der Waals surface area contributed by atoms with E-state index in [9.17, 15) is 24.3 Å². The van der Waals surface area contributed by atoms with E-state index >= 15 is 0 Å². The van der Waals surface area contributed by atoms with Crippen molar-refractivity contribution in [2.45, 2.75) is 31.7 Å². The number of para-hydroxylation sites is 1. The van der Waals surface area contributed by atoms with Crippen molar-refractivity contribution < 1.29 is 28.7 Å². The van der Waals surface area contributed by atoms with Gasteiger partial charge in [0.15, 0.2) is 5.76 Å². The van der Waals surface area contributed by atoms with Crippen molar-refractivity contribution in [3.8, 4) is 17.1 Å². The number of carbonyl (C=O) groups is 4. The van der Waals surface area contributed by atoms with E-state index in [-0.39, 0.29) is 62.6 Å². The van der Waals surface area contributed by atoms with Crippen LogP contribution in [-0.4, -0.2) is 128 Å². The van der Waals surface area contributed by atoms with Crippen molar-refractivity contribution in [1.29, 1.82) is 0 Å². The molecule has 3 fully saturated rings. The molecule has 2 aromatic heterocycles. The van der Waals surface area contributed by atoms with Crippen LogP contribution in [0.25, 0.3) is 22.2 Å². The molecule has 5 heterocycles. The highest BCUT2D eigenvalue weighted by molar-refractivity contribution is 5.98. The fraction of sp³-hybridized carbons (Fsp3) is 0.318. The predicted octanol–water partition coefficient (Wildman–Crippen LogP) is 4.27. The standard InChI is InChI=1S/C44H48N8O6/c1-4-19-50-29-40(54)51-36(24-30-13-15-33(53)16-14-30)42(55)49(28-39(51)52(50)44(57)45-25-31-9-6-5-7-10-31)26-32-11-8-12-34-35(27-47(3)41(32)34)37-17-18-38(58-37)43(56)48-22-20-46(2)21-23-48/h4-18,27,36,39,53H,1,19-26,28-29H2,2-3H3,(H,45,57)/t36-,39-/m0/s1. The molecule has 14 nitrogen and oxygen atoms in total. The number of rotatable bonds is 10. The van der Waals surface area contributed by atoms with Gasteiger partial charge in [-0.2, -0.15) is 0 Å². The highest BCUT2D eigenvalue weighted by atomic mass is 16.4. The smallest absolute Gasteiger partial charge is 0.334 e. The van der Waals surface area contributed by atoms with Crippen LogP contribution in [0.15, 0.2) is 108 Å². The lowest BCUT2D eigenvalue weighted by Gasteiger charge is -2.55. The van der Waals surface area contributed by atoms with Gasteiger partial charge < -0.3 is 39.0 Å². The Labute approximate surface area is 337 Å². The van der Waals surface area contributed by atoms with Crippen molar-refractivity contribution >= 4 is 34.7 Å². The number of hydrazine groups is 1. The van der Waals surface area contributed by atoms with E-state index in [0.717, 1.165) is 46.2 Å². The van der Waals surface area contributed by atoms with Gasteiger partial charge in [-0.05, 0) is 48.0 Å². The van der Waals surface area contributed by atoms with Gasteiger partial charge in [-0.25, -0.2) is 14.8 Å². The largest absolute Gasteiger partial charge is 0.508 e. The monoisotopic (exact) mass is 784 g/mol. The van der Waals surface area contributed by atoms with E-state index in [0.29, 0.717) is 24.6 Å². The predicted molar refractivity (Wildman–Crippen MR) is 218 cm³/mol. The first-order valence-corrected chi connectivity index (χ1v) is 19.6. The van der Waals surface area contributed by atoms with Crippen LogP contribution >= 0.6 is 0 Å². The molecule has 3 saturated heterocycles. The van der Waals surface area contributed by atoms with Crippen LogP contribution < -0.4 is 5.32 Å². The second-order valence-electron chi connectivity index (χ2n) is 15.2. The summed E-state index contributed by atoms with van der Waals surface area (Å²) in [6.45, 7) is 7.46. The first-order valence-electron chi connectivity index (χ1n) is 19.6. The maximum Gasteiger partial charge on any atom is 0.334 e. The minimum atomic E-state index is -0.923. The second kappa shape index (κ2) is 16.2. The number of furan rings is 1. The topological polar surface area (TPSA) is 138 Å². The maximum atomic E-state index is 14.7. The Morgan fingerprint density at radius 3 is 2.41 bits per heavy atom. The highest BCUT2D eigenvalue weighted by Crippen LogP contribution is 2.35. The molecule has 0 spiro atoms. The Bertz CT molecular complexity index is 2330. The average molecular weight is 785 g/mol. The second-order valence-corrected chi connectivity index (χ2v) is 15.2. The van der Waals surface area contributed by atoms with Crippen molar-refractivity contribution in [2.24, 2.45) is 7.05 Å². The van der Waals surface area contributed by atoms with Crippen molar-refractivity contribution in [1.82, 2.24) is 39.5 Å². The molecule has 14 heteroatoms. The summed E-state index contributed by atoms with van der Waals surface area (Å²) in [6, 6.07) is 24.3. The summed E-state index contributed by atoms with van der Waals surface area (Å²) in [6.07, 6.45) is 2.98. The lowest BCUT2D eigenvalue weighted by molar-refractivity contribution is -0.189. The quantitative estimate of drug-likeness (QED) is 0.201. The third kappa shape index (κ3) is 7.55. The summed E-state index contributed by atoms with van der Waals surface area (Å²) < 4.78 is 8.21. The molecule has 0 aliphatic carbocycles. The van der Waals surface area contributed by atoms with E-state index < -0.39 is 18.2 Å². The zero-order valence-electron chi connectivity index (χ0n) is 32.8. The number of nitrogens with zero attached hydrogens (tertiary/aromatic N) is 7. The summed E-state index contributed by atoms with van der Waals surface area (Å²) in [5.74, 6) is 0.309. The van der Waals surface area contributed by atoms with Gasteiger partial charge in [0.2, 0.25) is 11.8 Å². The average Bonchev–Trinajstić information content (AvgIpc) is 3.85. The van der Waals surface area contributed by atoms with E-state index in [1.807, 2.05) is 84.4 Å². The number of amides is 5. The van der Waals surface area contributed by atoms with Gasteiger partial charge in [0, 0.05) is 76.4 Å². The number of benzene rings is 3. The van der Waals surface area contributed by atoms with Gasteiger partial charge in [-0.15, -0.1) is 6.58 Å². The molecular formula is C44H48N8O6. The number of hydrogen-bond donors (Lipinski definition) is 2. The van der Waals surface area contributed by atoms with Crippen LogP contribution in [0.2, 0.25) is 0 Å². The van der Waals surface area contributed by atoms with Crippen molar-refractivity contribution in [2.75, 3.05) is 52.9 Å². The molecule has 3 aliphatic rings. The van der Waals surface area contributed by atoms with Crippen LogP contribution in [0.5, 0.6) is 5.75 Å². The summed E-state index contributed by atoms with van der Waals surface area (Å²) in [7, 11) is 3.98. The van der Waals surface area contributed by atoms with Crippen LogP contribution in [-0.2, 0) is 36.1 Å². The fourth-order valence-corrected chi connectivity index (χ4v) is 8.40. The lowest BCUT2D eigenvalue weighted by Crippen LogP contribution is -2.76. The number of phenolic OH excluding ortho intramolecular Hbond substituents is 1. The Kier molecular flexibility index (Phi) is 10.8. The Morgan fingerprint density at radius 2 is 1.67 bits per heavy atom. The summed E-state index contributed by atoms with van der Waals surface area (Å²) >= 11 is 0. The van der Waals surface area contributed by atoms with Crippen LogP contribution in [0.1, 0.15) is 27.2 Å². The molecule has 0 bridgehead atoms. The molecule has 3 aliphatic heterocycles. The molecule has 3 aromatic carbocycles. The van der Waals surface area contributed by atoms with E-state index in [2.05, 4.69) is 16.8 Å². The van der Waals surface area contributed by atoms with E-state index in [1.54, 1.807) is 56.2 Å². The Morgan fingerprint density at radius 1 is 0.914 bits per heavy atom. The molecule has 5 aromatic rings. The van der Waals surface area contributed by atoms with Gasteiger partial charge in [-0.1, -0.05) is 66.7 Å².